The quantitative estimate of drug-likeness (QED) is 0.299. The highest BCUT2D eigenvalue weighted by molar-refractivity contribution is 14.0. The minimum absolute atomic E-state index is 0. The molecule has 1 aliphatic carbocycles. The molecule has 1 aliphatic heterocycles. The molecule has 0 spiro atoms. The third-order valence-corrected chi connectivity index (χ3v) is 7.41. The van der Waals surface area contributed by atoms with E-state index in [1.807, 2.05) is 11.8 Å². The van der Waals surface area contributed by atoms with E-state index in [4.69, 9.17) is 14.5 Å². The number of methoxy groups -OCH3 is 1. The number of nitrogens with one attached hydrogen (secondary N) is 2. The fourth-order valence-corrected chi connectivity index (χ4v) is 5.34. The summed E-state index contributed by atoms with van der Waals surface area (Å²) in [7, 11) is 1.76. The van der Waals surface area contributed by atoms with Gasteiger partial charge in [0.1, 0.15) is 5.75 Å². The van der Waals surface area contributed by atoms with E-state index in [9.17, 15) is 0 Å². The number of aliphatic imine (C=N–C) groups is 1. The van der Waals surface area contributed by atoms with Crippen molar-refractivity contribution >= 4 is 41.7 Å². The number of guanidine groups is 1. The summed E-state index contributed by atoms with van der Waals surface area (Å²) in [5, 5.41) is 7.92. The number of rotatable bonds is 7. The van der Waals surface area contributed by atoms with Crippen molar-refractivity contribution in [1.82, 2.24) is 10.6 Å². The van der Waals surface area contributed by atoms with Crippen LogP contribution in [0.3, 0.4) is 0 Å². The molecule has 0 aromatic heterocycles. The highest BCUT2D eigenvalue weighted by Crippen LogP contribution is 2.40. The van der Waals surface area contributed by atoms with Crippen LogP contribution in [0.4, 0.5) is 0 Å². The molecule has 1 saturated heterocycles. The molecule has 1 heterocycles. The first kappa shape index (κ1) is 25.6. The number of ether oxygens (including phenoxy) is 2. The zero-order valence-electron chi connectivity index (χ0n) is 18.8. The van der Waals surface area contributed by atoms with Gasteiger partial charge in [0.15, 0.2) is 5.96 Å². The van der Waals surface area contributed by atoms with Gasteiger partial charge in [-0.25, -0.2) is 0 Å². The maximum Gasteiger partial charge on any atom is 0.191 e. The van der Waals surface area contributed by atoms with E-state index in [1.54, 1.807) is 7.11 Å². The average molecular weight is 548 g/mol. The topological polar surface area (TPSA) is 54.9 Å². The summed E-state index contributed by atoms with van der Waals surface area (Å²) in [6, 6.07) is 7.01. The van der Waals surface area contributed by atoms with Gasteiger partial charge in [-0.2, -0.15) is 11.8 Å². The summed E-state index contributed by atoms with van der Waals surface area (Å²) in [6.45, 7) is 7.43. The van der Waals surface area contributed by atoms with Crippen LogP contribution in [-0.4, -0.2) is 56.9 Å². The van der Waals surface area contributed by atoms with Crippen LogP contribution in [0.2, 0.25) is 0 Å². The molecule has 2 aliphatic rings. The number of thioether (sulfide) groups is 1. The van der Waals surface area contributed by atoms with E-state index in [0.29, 0.717) is 6.04 Å². The maximum atomic E-state index is 5.74. The second kappa shape index (κ2) is 12.4. The van der Waals surface area contributed by atoms with Gasteiger partial charge in [-0.1, -0.05) is 17.7 Å². The number of nitrogens with zero attached hydrogens (tertiary/aromatic N) is 1. The molecular weight excluding hydrogens is 509 g/mol. The van der Waals surface area contributed by atoms with E-state index in [0.717, 1.165) is 56.1 Å². The first-order chi connectivity index (χ1) is 14.1. The molecule has 1 saturated carbocycles. The Balaban J connectivity index is 0.00000320. The lowest BCUT2D eigenvalue weighted by molar-refractivity contribution is 0.0522. The van der Waals surface area contributed by atoms with Crippen molar-refractivity contribution in [2.24, 2.45) is 4.99 Å². The molecule has 1 aromatic rings. The fraction of sp³-hybridized carbons (Fsp3) is 0.696. The third-order valence-electron chi connectivity index (χ3n) is 6.32. The highest BCUT2D eigenvalue weighted by atomic mass is 127. The highest BCUT2D eigenvalue weighted by Gasteiger charge is 2.37. The molecule has 170 valence electrons. The van der Waals surface area contributed by atoms with Crippen molar-refractivity contribution in [3.05, 3.63) is 29.3 Å². The molecule has 1 aromatic carbocycles. The molecule has 7 heteroatoms. The van der Waals surface area contributed by atoms with Gasteiger partial charge in [0.05, 0.1) is 13.7 Å². The molecule has 0 bridgehead atoms. The Morgan fingerprint density at radius 1 is 1.30 bits per heavy atom. The van der Waals surface area contributed by atoms with Gasteiger partial charge in [-0.05, 0) is 58.3 Å². The minimum atomic E-state index is -0.0462. The number of hydrogen-bond donors (Lipinski definition) is 2. The van der Waals surface area contributed by atoms with Gasteiger partial charge in [-0.3, -0.25) is 4.99 Å². The molecule has 0 radical (unpaired) electrons. The first-order valence-corrected chi connectivity index (χ1v) is 12.2. The monoisotopic (exact) mass is 547 g/mol. The Kier molecular flexibility index (Phi) is 10.6. The van der Waals surface area contributed by atoms with Crippen molar-refractivity contribution in [2.45, 2.75) is 62.7 Å². The third kappa shape index (κ3) is 6.42. The summed E-state index contributed by atoms with van der Waals surface area (Å²) in [5.41, 5.74) is 2.48. The van der Waals surface area contributed by atoms with Crippen LogP contribution in [0.15, 0.2) is 23.2 Å². The SMILES string of the molecule is CCNC(=NCC1(c2cc(C)ccc2OC)CCOCC1)NC1CCC(SC)C1.I. The molecule has 2 fully saturated rings. The lowest BCUT2D eigenvalue weighted by Gasteiger charge is -2.37. The van der Waals surface area contributed by atoms with E-state index in [1.165, 1.54) is 30.4 Å². The average Bonchev–Trinajstić information content (AvgIpc) is 3.20. The summed E-state index contributed by atoms with van der Waals surface area (Å²) < 4.78 is 11.5. The zero-order valence-corrected chi connectivity index (χ0v) is 22.0. The number of aryl methyl sites for hydroxylation is 1. The van der Waals surface area contributed by atoms with Crippen LogP contribution in [-0.2, 0) is 10.2 Å². The lowest BCUT2D eigenvalue weighted by Crippen LogP contribution is -2.44. The number of hydrogen-bond acceptors (Lipinski definition) is 4. The second-order valence-electron chi connectivity index (χ2n) is 8.30. The van der Waals surface area contributed by atoms with Gasteiger partial charge < -0.3 is 20.1 Å². The summed E-state index contributed by atoms with van der Waals surface area (Å²) in [6.07, 6.45) is 7.88. The van der Waals surface area contributed by atoms with Gasteiger partial charge in [0.2, 0.25) is 0 Å². The molecular formula is C23H38IN3O2S. The summed E-state index contributed by atoms with van der Waals surface area (Å²) >= 11 is 1.99. The van der Waals surface area contributed by atoms with Gasteiger partial charge >= 0.3 is 0 Å². The predicted octanol–water partition coefficient (Wildman–Crippen LogP) is 4.51. The Morgan fingerprint density at radius 2 is 2.07 bits per heavy atom. The first-order valence-electron chi connectivity index (χ1n) is 10.9. The van der Waals surface area contributed by atoms with Crippen LogP contribution in [0.1, 0.15) is 50.2 Å². The van der Waals surface area contributed by atoms with E-state index >= 15 is 0 Å². The largest absolute Gasteiger partial charge is 0.496 e. The minimum Gasteiger partial charge on any atom is -0.496 e. The number of halogens is 1. The maximum absolute atomic E-state index is 5.74. The second-order valence-corrected chi connectivity index (χ2v) is 9.44. The standard InChI is InChI=1S/C23H37N3O2S.HI/c1-5-24-22(26-18-7-8-19(15-18)29-4)25-16-23(10-12-28-13-11-23)20-14-17(2)6-9-21(20)27-3;/h6,9,14,18-19H,5,7-8,10-13,15-16H2,1-4H3,(H2,24,25,26);1H. The van der Waals surface area contributed by atoms with E-state index in [2.05, 4.69) is 48.9 Å². The lowest BCUT2D eigenvalue weighted by atomic mass is 9.73. The van der Waals surface area contributed by atoms with Crippen LogP contribution in [0.25, 0.3) is 0 Å². The van der Waals surface area contributed by atoms with Crippen LogP contribution < -0.4 is 15.4 Å². The smallest absolute Gasteiger partial charge is 0.191 e. The molecule has 5 nitrogen and oxygen atoms in total. The summed E-state index contributed by atoms with van der Waals surface area (Å²) in [5.74, 6) is 1.90. The molecule has 2 N–H and O–H groups in total. The van der Waals surface area contributed by atoms with E-state index in [-0.39, 0.29) is 29.4 Å². The van der Waals surface area contributed by atoms with Gasteiger partial charge in [-0.15, -0.1) is 24.0 Å². The normalized spacial score (nSPS) is 23.5. The van der Waals surface area contributed by atoms with Crippen LogP contribution >= 0.6 is 35.7 Å². The Morgan fingerprint density at radius 3 is 2.70 bits per heavy atom. The molecule has 2 atom stereocenters. The van der Waals surface area contributed by atoms with Gasteiger partial charge in [0.25, 0.3) is 0 Å². The Hall–Kier alpha value is -0.670. The predicted molar refractivity (Wildman–Crippen MR) is 139 cm³/mol. The van der Waals surface area contributed by atoms with Crippen molar-refractivity contribution in [3.63, 3.8) is 0 Å². The Labute approximate surface area is 203 Å². The zero-order chi connectivity index (χ0) is 20.7. The fourth-order valence-electron chi connectivity index (χ4n) is 4.54. The Bertz CT molecular complexity index is 695. The van der Waals surface area contributed by atoms with Crippen molar-refractivity contribution in [1.29, 1.82) is 0 Å². The van der Waals surface area contributed by atoms with Crippen molar-refractivity contribution in [3.8, 4) is 5.75 Å². The molecule has 2 unspecified atom stereocenters. The molecule has 0 amide bonds. The summed E-state index contributed by atoms with van der Waals surface area (Å²) in [4.78, 5) is 5.08. The molecule has 3 rings (SSSR count). The van der Waals surface area contributed by atoms with E-state index < -0.39 is 0 Å². The molecule has 30 heavy (non-hydrogen) atoms. The van der Waals surface area contributed by atoms with Gasteiger partial charge in [0, 0.05) is 42.0 Å². The van der Waals surface area contributed by atoms with Crippen LogP contribution in [0, 0.1) is 6.92 Å². The van der Waals surface area contributed by atoms with Crippen molar-refractivity contribution < 1.29 is 9.47 Å². The van der Waals surface area contributed by atoms with Crippen LogP contribution in [0.5, 0.6) is 5.75 Å². The number of benzene rings is 1. The van der Waals surface area contributed by atoms with Crippen molar-refractivity contribution in [2.75, 3.05) is 39.7 Å².